The Bertz CT molecular complexity index is 1530. The van der Waals surface area contributed by atoms with Gasteiger partial charge in [0, 0.05) is 24.7 Å². The van der Waals surface area contributed by atoms with Gasteiger partial charge in [-0.25, -0.2) is 14.8 Å². The number of carboxylic acids is 1. The summed E-state index contributed by atoms with van der Waals surface area (Å²) in [6.07, 6.45) is 1.86. The van der Waals surface area contributed by atoms with E-state index in [4.69, 9.17) is 32.9 Å². The van der Waals surface area contributed by atoms with Crippen molar-refractivity contribution in [2.45, 2.75) is 31.4 Å². The third kappa shape index (κ3) is 7.45. The molecule has 2 heterocycles. The van der Waals surface area contributed by atoms with Crippen molar-refractivity contribution in [1.29, 1.82) is 0 Å². The SMILES string of the molecule is O=C(N[C@H](COCc1ccccc1)C(=O)O)c1cc(N2CCC(c3ccccc3)CC2)nc(-c2ccc(Cl)c(Cl)c2)n1. The van der Waals surface area contributed by atoms with Crippen LogP contribution in [0.4, 0.5) is 5.82 Å². The molecule has 3 aromatic carbocycles. The Hall–Kier alpha value is -3.98. The van der Waals surface area contributed by atoms with Gasteiger partial charge in [0.25, 0.3) is 5.91 Å². The van der Waals surface area contributed by atoms with E-state index in [0.717, 1.165) is 31.5 Å². The summed E-state index contributed by atoms with van der Waals surface area (Å²) in [7, 11) is 0. The molecule has 0 saturated carbocycles. The molecule has 1 saturated heterocycles. The molecular formula is C32H30Cl2N4O4. The molecule has 1 fully saturated rings. The van der Waals surface area contributed by atoms with Crippen LogP contribution in [0.15, 0.2) is 84.9 Å². The summed E-state index contributed by atoms with van der Waals surface area (Å²) in [5.74, 6) is -0.550. The molecule has 5 rings (SSSR count). The molecule has 8 nitrogen and oxygen atoms in total. The molecule has 10 heteroatoms. The number of carbonyl (C=O) groups is 2. The summed E-state index contributed by atoms with van der Waals surface area (Å²) < 4.78 is 5.60. The number of hydrogen-bond donors (Lipinski definition) is 2. The van der Waals surface area contributed by atoms with Crippen LogP contribution in [0.1, 0.15) is 40.4 Å². The number of piperidine rings is 1. The van der Waals surface area contributed by atoms with E-state index in [1.54, 1.807) is 24.3 Å². The van der Waals surface area contributed by atoms with Crippen LogP contribution in [-0.4, -0.2) is 52.7 Å². The van der Waals surface area contributed by atoms with Crippen molar-refractivity contribution in [3.8, 4) is 11.4 Å². The van der Waals surface area contributed by atoms with Gasteiger partial charge in [0.1, 0.15) is 11.5 Å². The fraction of sp³-hybridized carbons (Fsp3) is 0.250. The van der Waals surface area contributed by atoms with E-state index in [1.165, 1.54) is 5.56 Å². The summed E-state index contributed by atoms with van der Waals surface area (Å²) in [5, 5.41) is 13.0. The first-order valence-electron chi connectivity index (χ1n) is 13.7. The second kappa shape index (κ2) is 13.8. The Morgan fingerprint density at radius 1 is 0.929 bits per heavy atom. The van der Waals surface area contributed by atoms with Crippen molar-refractivity contribution >= 4 is 40.9 Å². The van der Waals surface area contributed by atoms with Crippen molar-refractivity contribution in [3.63, 3.8) is 0 Å². The van der Waals surface area contributed by atoms with Crippen LogP contribution in [0.3, 0.4) is 0 Å². The largest absolute Gasteiger partial charge is 0.480 e. The molecule has 216 valence electrons. The number of rotatable bonds is 10. The van der Waals surface area contributed by atoms with Gasteiger partial charge < -0.3 is 20.1 Å². The lowest BCUT2D eigenvalue weighted by Crippen LogP contribution is -2.44. The van der Waals surface area contributed by atoms with Crippen LogP contribution in [0.2, 0.25) is 10.0 Å². The van der Waals surface area contributed by atoms with Crippen LogP contribution < -0.4 is 10.2 Å². The molecule has 4 aromatic rings. The molecule has 1 aliphatic rings. The van der Waals surface area contributed by atoms with Crippen LogP contribution in [0.25, 0.3) is 11.4 Å². The minimum absolute atomic E-state index is 0.0422. The van der Waals surface area contributed by atoms with Gasteiger partial charge in [-0.05, 0) is 48.1 Å². The molecule has 1 aromatic heterocycles. The van der Waals surface area contributed by atoms with Crippen molar-refractivity contribution in [3.05, 3.63) is 112 Å². The second-order valence-corrected chi connectivity index (χ2v) is 10.9. The standard InChI is InChI=1S/C32H30Cl2N4O4/c33-25-12-11-24(17-26(25)34)30-35-27(31(39)36-28(32(40)41)20-42-19-21-7-3-1-4-8-21)18-29(37-30)38-15-13-23(14-16-38)22-9-5-2-6-10-22/h1-12,17-18,23,28H,13-16,19-20H2,(H,36,39)(H,40,41)/t28-/m1/s1. The number of carboxylic acid groups (broad SMARTS) is 1. The maximum absolute atomic E-state index is 13.4. The Kier molecular flexibility index (Phi) is 9.69. The zero-order chi connectivity index (χ0) is 29.5. The summed E-state index contributed by atoms with van der Waals surface area (Å²) in [5.41, 5.74) is 2.84. The monoisotopic (exact) mass is 604 g/mol. The predicted molar refractivity (Wildman–Crippen MR) is 163 cm³/mol. The van der Waals surface area contributed by atoms with E-state index < -0.39 is 17.9 Å². The number of nitrogens with one attached hydrogen (secondary N) is 1. The first-order chi connectivity index (χ1) is 20.4. The number of ether oxygens (including phenoxy) is 1. The lowest BCUT2D eigenvalue weighted by atomic mass is 9.89. The third-order valence-electron chi connectivity index (χ3n) is 7.21. The molecule has 1 aliphatic heterocycles. The van der Waals surface area contributed by atoms with Crippen LogP contribution in [0, 0.1) is 0 Å². The molecular weight excluding hydrogens is 575 g/mol. The highest BCUT2D eigenvalue weighted by Crippen LogP contribution is 2.32. The molecule has 0 aliphatic carbocycles. The zero-order valence-corrected chi connectivity index (χ0v) is 24.3. The van der Waals surface area contributed by atoms with E-state index in [1.807, 2.05) is 36.4 Å². The molecule has 0 radical (unpaired) electrons. The summed E-state index contributed by atoms with van der Waals surface area (Å²) in [4.78, 5) is 36.7. The maximum atomic E-state index is 13.4. The van der Waals surface area contributed by atoms with Gasteiger partial charge in [-0.1, -0.05) is 83.9 Å². The number of aromatic nitrogens is 2. The summed E-state index contributed by atoms with van der Waals surface area (Å²) >= 11 is 12.4. The first-order valence-corrected chi connectivity index (χ1v) is 14.4. The number of aliphatic carboxylic acids is 1. The Morgan fingerprint density at radius 3 is 2.29 bits per heavy atom. The van der Waals surface area contributed by atoms with E-state index in [-0.39, 0.29) is 24.7 Å². The van der Waals surface area contributed by atoms with Gasteiger partial charge in [-0.15, -0.1) is 0 Å². The van der Waals surface area contributed by atoms with Gasteiger partial charge in [-0.3, -0.25) is 4.79 Å². The van der Waals surface area contributed by atoms with Crippen molar-refractivity contribution < 1.29 is 19.4 Å². The molecule has 0 spiro atoms. The number of carbonyl (C=O) groups excluding carboxylic acids is 1. The number of halogens is 2. The highest BCUT2D eigenvalue weighted by Gasteiger charge is 2.26. The molecule has 1 atom stereocenters. The Morgan fingerprint density at radius 2 is 1.62 bits per heavy atom. The van der Waals surface area contributed by atoms with Crippen molar-refractivity contribution in [2.24, 2.45) is 0 Å². The fourth-order valence-corrected chi connectivity index (χ4v) is 5.22. The van der Waals surface area contributed by atoms with Gasteiger partial charge in [0.2, 0.25) is 0 Å². The van der Waals surface area contributed by atoms with Crippen LogP contribution >= 0.6 is 23.2 Å². The van der Waals surface area contributed by atoms with Gasteiger partial charge in [0.15, 0.2) is 11.9 Å². The zero-order valence-electron chi connectivity index (χ0n) is 22.7. The number of amides is 1. The van der Waals surface area contributed by atoms with Crippen molar-refractivity contribution in [2.75, 3.05) is 24.6 Å². The lowest BCUT2D eigenvalue weighted by molar-refractivity contribution is -0.141. The number of anilines is 1. The van der Waals surface area contributed by atoms with E-state index >= 15 is 0 Å². The Labute approximate surface area is 254 Å². The fourth-order valence-electron chi connectivity index (χ4n) is 4.92. The lowest BCUT2D eigenvalue weighted by Gasteiger charge is -2.33. The first kappa shape index (κ1) is 29.5. The van der Waals surface area contributed by atoms with Gasteiger partial charge >= 0.3 is 5.97 Å². The molecule has 2 N–H and O–H groups in total. The molecule has 1 amide bonds. The van der Waals surface area contributed by atoms with Crippen LogP contribution in [-0.2, 0) is 16.1 Å². The van der Waals surface area contributed by atoms with Crippen LogP contribution in [0.5, 0.6) is 0 Å². The number of benzene rings is 3. The van der Waals surface area contributed by atoms with E-state index in [2.05, 4.69) is 39.5 Å². The average molecular weight is 606 g/mol. The number of nitrogens with zero attached hydrogens (tertiary/aromatic N) is 3. The minimum atomic E-state index is -1.27. The third-order valence-corrected chi connectivity index (χ3v) is 7.95. The van der Waals surface area contributed by atoms with E-state index in [0.29, 0.717) is 27.3 Å². The smallest absolute Gasteiger partial charge is 0.328 e. The predicted octanol–water partition coefficient (Wildman–Crippen LogP) is 6.23. The molecule has 0 unspecified atom stereocenters. The van der Waals surface area contributed by atoms with Crippen molar-refractivity contribution in [1.82, 2.24) is 15.3 Å². The topological polar surface area (TPSA) is 105 Å². The van der Waals surface area contributed by atoms with Gasteiger partial charge in [-0.2, -0.15) is 0 Å². The molecule has 0 bridgehead atoms. The second-order valence-electron chi connectivity index (χ2n) is 10.1. The highest BCUT2D eigenvalue weighted by molar-refractivity contribution is 6.42. The Balaban J connectivity index is 1.36. The van der Waals surface area contributed by atoms with Gasteiger partial charge in [0.05, 0.1) is 23.3 Å². The quantitative estimate of drug-likeness (QED) is 0.221. The normalized spacial score (nSPS) is 14.4. The number of hydrogen-bond acceptors (Lipinski definition) is 6. The van der Waals surface area contributed by atoms with E-state index in [9.17, 15) is 14.7 Å². The summed E-state index contributed by atoms with van der Waals surface area (Å²) in [6, 6.07) is 25.2. The minimum Gasteiger partial charge on any atom is -0.480 e. The maximum Gasteiger partial charge on any atom is 0.328 e. The molecule has 42 heavy (non-hydrogen) atoms. The average Bonchev–Trinajstić information content (AvgIpc) is 3.02. The summed E-state index contributed by atoms with van der Waals surface area (Å²) in [6.45, 7) is 1.49. The highest BCUT2D eigenvalue weighted by atomic mass is 35.5.